The first-order valence-electron chi connectivity index (χ1n) is 3.73. The number of nitrogens with one attached hydrogen (secondary N) is 1. The van der Waals surface area contributed by atoms with Gasteiger partial charge in [-0.05, 0) is 12.1 Å². The number of nitrogens with zero attached hydrogens (tertiary/aromatic N) is 1. The van der Waals surface area contributed by atoms with Gasteiger partial charge in [-0.25, -0.2) is 0 Å². The van der Waals surface area contributed by atoms with E-state index in [4.69, 9.17) is 28.5 Å². The van der Waals surface area contributed by atoms with Crippen LogP contribution in [0.4, 0.5) is 5.69 Å². The largest absolute Gasteiger partial charge is 0.323 e. The van der Waals surface area contributed by atoms with Crippen LogP contribution in [0.3, 0.4) is 0 Å². The first-order chi connectivity index (χ1) is 6.69. The number of hydrogen-bond donors (Lipinski definition) is 1. The lowest BCUT2D eigenvalue weighted by molar-refractivity contribution is -0.113. The number of benzene rings is 1. The number of nitriles is 1. The van der Waals surface area contributed by atoms with Crippen molar-refractivity contribution in [3.8, 4) is 6.07 Å². The number of carbonyl (C=O) groups excluding carboxylic acids is 1. The minimum Gasteiger partial charge on any atom is -0.323 e. The summed E-state index contributed by atoms with van der Waals surface area (Å²) in [4.78, 5) is 11.0. The highest BCUT2D eigenvalue weighted by Crippen LogP contribution is 2.25. The Morgan fingerprint density at radius 3 is 2.86 bits per heavy atom. The van der Waals surface area contributed by atoms with E-state index in [-0.39, 0.29) is 5.88 Å². The molecule has 0 radical (unpaired) electrons. The minimum absolute atomic E-state index is 0.171. The predicted octanol–water partition coefficient (Wildman–Crippen LogP) is 2.39. The summed E-state index contributed by atoms with van der Waals surface area (Å²) in [6.45, 7) is 0. The van der Waals surface area contributed by atoms with E-state index < -0.39 is 5.91 Å². The van der Waals surface area contributed by atoms with Gasteiger partial charge in [-0.1, -0.05) is 17.7 Å². The minimum atomic E-state index is -0.392. The van der Waals surface area contributed by atoms with Crippen molar-refractivity contribution < 1.29 is 4.79 Å². The molecule has 0 aliphatic carbocycles. The Balaban J connectivity index is 3.06. The van der Waals surface area contributed by atoms with Gasteiger partial charge in [0.25, 0.3) is 0 Å². The van der Waals surface area contributed by atoms with Gasteiger partial charge in [-0.15, -0.1) is 11.6 Å². The standard InChI is InChI=1S/C9H6Cl2N2O/c10-4-8(14)13-9-6(5-12)2-1-3-7(9)11/h1-3H,4H2,(H,13,14). The molecule has 5 heteroatoms. The molecule has 1 amide bonds. The molecule has 0 fully saturated rings. The third-order valence-electron chi connectivity index (χ3n) is 1.52. The van der Waals surface area contributed by atoms with Gasteiger partial charge in [0.05, 0.1) is 16.3 Å². The van der Waals surface area contributed by atoms with E-state index in [1.807, 2.05) is 6.07 Å². The molecule has 0 aromatic heterocycles. The van der Waals surface area contributed by atoms with E-state index in [9.17, 15) is 4.79 Å². The van der Waals surface area contributed by atoms with Crippen molar-refractivity contribution in [1.29, 1.82) is 5.26 Å². The number of rotatable bonds is 2. The molecule has 0 heterocycles. The van der Waals surface area contributed by atoms with Gasteiger partial charge in [-0.3, -0.25) is 4.79 Å². The second-order valence-corrected chi connectivity index (χ2v) is 3.13. The van der Waals surface area contributed by atoms with Crippen LogP contribution in [-0.4, -0.2) is 11.8 Å². The lowest BCUT2D eigenvalue weighted by Crippen LogP contribution is -2.13. The SMILES string of the molecule is N#Cc1cccc(Cl)c1NC(=O)CCl. The maximum atomic E-state index is 11.0. The van der Waals surface area contributed by atoms with E-state index in [1.54, 1.807) is 18.2 Å². The van der Waals surface area contributed by atoms with E-state index in [2.05, 4.69) is 5.32 Å². The molecule has 0 spiro atoms. The second kappa shape index (κ2) is 4.85. The fourth-order valence-corrected chi connectivity index (χ4v) is 1.21. The van der Waals surface area contributed by atoms with Crippen molar-refractivity contribution in [2.45, 2.75) is 0 Å². The molecule has 72 valence electrons. The topological polar surface area (TPSA) is 52.9 Å². The Morgan fingerprint density at radius 1 is 1.57 bits per heavy atom. The molecular weight excluding hydrogens is 223 g/mol. The highest BCUT2D eigenvalue weighted by Gasteiger charge is 2.08. The zero-order chi connectivity index (χ0) is 10.6. The molecule has 0 bridgehead atoms. The molecule has 0 aliphatic heterocycles. The predicted molar refractivity (Wildman–Crippen MR) is 55.5 cm³/mol. The molecule has 0 atom stereocenters. The summed E-state index contributed by atoms with van der Waals surface area (Å²) in [5.74, 6) is -0.563. The molecule has 0 saturated carbocycles. The van der Waals surface area contributed by atoms with Gasteiger partial charge >= 0.3 is 0 Å². The van der Waals surface area contributed by atoms with Crippen LogP contribution >= 0.6 is 23.2 Å². The fraction of sp³-hybridized carbons (Fsp3) is 0.111. The number of alkyl halides is 1. The van der Waals surface area contributed by atoms with Crippen molar-refractivity contribution in [3.63, 3.8) is 0 Å². The maximum Gasteiger partial charge on any atom is 0.239 e. The number of carbonyl (C=O) groups is 1. The first kappa shape index (κ1) is 10.8. The first-order valence-corrected chi connectivity index (χ1v) is 4.64. The smallest absolute Gasteiger partial charge is 0.239 e. The molecule has 1 aromatic carbocycles. The van der Waals surface area contributed by atoms with Crippen molar-refractivity contribution >= 4 is 34.8 Å². The van der Waals surface area contributed by atoms with Gasteiger partial charge in [0.2, 0.25) is 5.91 Å². The normalized spacial score (nSPS) is 9.21. The molecule has 0 unspecified atom stereocenters. The van der Waals surface area contributed by atoms with Crippen LogP contribution in [0.1, 0.15) is 5.56 Å². The summed E-state index contributed by atoms with van der Waals surface area (Å²) in [5, 5.41) is 11.5. The summed E-state index contributed by atoms with van der Waals surface area (Å²) >= 11 is 11.1. The monoisotopic (exact) mass is 228 g/mol. The molecule has 0 aliphatic rings. The molecular formula is C9H6Cl2N2O. The summed E-state index contributed by atoms with van der Waals surface area (Å²) in [5.41, 5.74) is 0.623. The number of anilines is 1. The molecule has 3 nitrogen and oxygen atoms in total. The fourth-order valence-electron chi connectivity index (χ4n) is 0.917. The van der Waals surface area contributed by atoms with Gasteiger partial charge in [0, 0.05) is 0 Å². The lowest BCUT2D eigenvalue weighted by atomic mass is 10.2. The van der Waals surface area contributed by atoms with Crippen LogP contribution in [0.25, 0.3) is 0 Å². The van der Waals surface area contributed by atoms with Crippen LogP contribution in [0.5, 0.6) is 0 Å². The van der Waals surface area contributed by atoms with Gasteiger partial charge in [0.15, 0.2) is 0 Å². The zero-order valence-corrected chi connectivity index (χ0v) is 8.56. The third kappa shape index (κ3) is 2.38. The number of para-hydroxylation sites is 1. The van der Waals surface area contributed by atoms with Gasteiger partial charge in [0.1, 0.15) is 11.9 Å². The van der Waals surface area contributed by atoms with Crippen molar-refractivity contribution in [3.05, 3.63) is 28.8 Å². The quantitative estimate of drug-likeness (QED) is 0.791. The highest BCUT2D eigenvalue weighted by atomic mass is 35.5. The van der Waals surface area contributed by atoms with Crippen molar-refractivity contribution in [2.75, 3.05) is 11.2 Å². The summed E-state index contributed by atoms with van der Waals surface area (Å²) in [7, 11) is 0. The molecule has 1 aromatic rings. The highest BCUT2D eigenvalue weighted by molar-refractivity contribution is 6.35. The average Bonchev–Trinajstić information content (AvgIpc) is 2.20. The molecule has 0 saturated heterocycles. The van der Waals surface area contributed by atoms with Crippen LogP contribution in [0.15, 0.2) is 18.2 Å². The number of hydrogen-bond acceptors (Lipinski definition) is 2. The number of amides is 1. The van der Waals surface area contributed by atoms with E-state index in [1.165, 1.54) is 0 Å². The Hall–Kier alpha value is -1.24. The Labute approximate surface area is 91.2 Å². The summed E-state index contributed by atoms with van der Waals surface area (Å²) < 4.78 is 0. The number of halogens is 2. The Bertz CT molecular complexity index is 398. The van der Waals surface area contributed by atoms with Crippen LogP contribution < -0.4 is 5.32 Å². The van der Waals surface area contributed by atoms with E-state index in [0.717, 1.165) is 0 Å². The molecule has 14 heavy (non-hydrogen) atoms. The average molecular weight is 229 g/mol. The lowest BCUT2D eigenvalue weighted by Gasteiger charge is -2.06. The van der Waals surface area contributed by atoms with Crippen molar-refractivity contribution in [1.82, 2.24) is 0 Å². The van der Waals surface area contributed by atoms with Crippen LogP contribution in [0, 0.1) is 11.3 Å². The molecule has 1 rings (SSSR count). The Morgan fingerprint density at radius 2 is 2.29 bits per heavy atom. The van der Waals surface area contributed by atoms with Crippen LogP contribution in [0.2, 0.25) is 5.02 Å². The summed E-state index contributed by atoms with van der Waals surface area (Å²) in [6.07, 6.45) is 0. The molecule has 1 N–H and O–H groups in total. The maximum absolute atomic E-state index is 11.0. The van der Waals surface area contributed by atoms with Crippen LogP contribution in [-0.2, 0) is 4.79 Å². The van der Waals surface area contributed by atoms with Crippen molar-refractivity contribution in [2.24, 2.45) is 0 Å². The zero-order valence-electron chi connectivity index (χ0n) is 7.05. The van der Waals surface area contributed by atoms with Gasteiger partial charge < -0.3 is 5.32 Å². The summed E-state index contributed by atoms with van der Waals surface area (Å²) in [6, 6.07) is 6.71. The van der Waals surface area contributed by atoms with E-state index in [0.29, 0.717) is 16.3 Å². The Kier molecular flexibility index (Phi) is 3.75. The third-order valence-corrected chi connectivity index (χ3v) is 2.08. The van der Waals surface area contributed by atoms with E-state index >= 15 is 0 Å². The van der Waals surface area contributed by atoms with Gasteiger partial charge in [-0.2, -0.15) is 5.26 Å². The second-order valence-electron chi connectivity index (χ2n) is 2.46.